The van der Waals surface area contributed by atoms with Crippen LogP contribution < -0.4 is 4.74 Å². The summed E-state index contributed by atoms with van der Waals surface area (Å²) >= 11 is 0. The summed E-state index contributed by atoms with van der Waals surface area (Å²) in [5.41, 5.74) is 2.09. The fourth-order valence-electron chi connectivity index (χ4n) is 2.31. The van der Waals surface area contributed by atoms with Crippen LogP contribution >= 0.6 is 0 Å². The molecule has 4 aromatic rings. The quantitative estimate of drug-likeness (QED) is 0.616. The highest BCUT2D eigenvalue weighted by Gasteiger charge is 2.13. The van der Waals surface area contributed by atoms with E-state index in [-0.39, 0.29) is 11.8 Å². The van der Waals surface area contributed by atoms with Crippen LogP contribution in [0.4, 0.5) is 8.78 Å². The molecule has 0 saturated carbocycles. The van der Waals surface area contributed by atoms with Crippen LogP contribution in [0.1, 0.15) is 0 Å². The number of nitrogens with one attached hydrogen (secondary N) is 1. The molecule has 0 saturated heterocycles. The van der Waals surface area contributed by atoms with Gasteiger partial charge in [0.2, 0.25) is 0 Å². The fourth-order valence-corrected chi connectivity index (χ4v) is 2.31. The third-order valence-electron chi connectivity index (χ3n) is 3.44. The lowest BCUT2D eigenvalue weighted by Crippen LogP contribution is -1.94. The molecule has 0 radical (unpaired) electrons. The molecular weight excluding hydrogens is 314 g/mol. The zero-order valence-corrected chi connectivity index (χ0v) is 12.2. The van der Waals surface area contributed by atoms with E-state index in [1.807, 2.05) is 30.3 Å². The molecule has 0 atom stereocenters. The minimum absolute atomic E-state index is 0.0590. The van der Waals surface area contributed by atoms with Crippen molar-refractivity contribution in [3.63, 3.8) is 0 Å². The Morgan fingerprint density at radius 1 is 1.00 bits per heavy atom. The summed E-state index contributed by atoms with van der Waals surface area (Å²) in [6.07, 6.45) is 1.55. The fraction of sp³-hybridized carbons (Fsp3) is 0. The van der Waals surface area contributed by atoms with Crippen LogP contribution in [0, 0.1) is 11.6 Å². The number of aromatic amines is 1. The number of fused-ring (bicyclic) bond motifs is 1. The molecule has 0 unspecified atom stereocenters. The lowest BCUT2D eigenvalue weighted by Gasteiger charge is -2.04. The van der Waals surface area contributed by atoms with Gasteiger partial charge in [0.15, 0.2) is 17.2 Å². The predicted octanol–water partition coefficient (Wildman–Crippen LogP) is 4.09. The van der Waals surface area contributed by atoms with Gasteiger partial charge in [-0.1, -0.05) is 30.3 Å². The van der Waals surface area contributed by atoms with Gasteiger partial charge in [-0.2, -0.15) is 10.1 Å². The van der Waals surface area contributed by atoms with Crippen molar-refractivity contribution in [3.05, 3.63) is 66.4 Å². The summed E-state index contributed by atoms with van der Waals surface area (Å²) in [6.45, 7) is 0. The van der Waals surface area contributed by atoms with E-state index in [9.17, 15) is 8.78 Å². The van der Waals surface area contributed by atoms with Crippen molar-refractivity contribution in [2.75, 3.05) is 0 Å². The Bertz CT molecular complexity index is 1020. The normalized spacial score (nSPS) is 10.9. The zero-order chi connectivity index (χ0) is 16.5. The van der Waals surface area contributed by atoms with Crippen molar-refractivity contribution in [2.45, 2.75) is 0 Å². The van der Waals surface area contributed by atoms with Gasteiger partial charge in [-0.25, -0.2) is 13.8 Å². The van der Waals surface area contributed by atoms with E-state index in [0.29, 0.717) is 16.7 Å². The van der Waals surface area contributed by atoms with E-state index in [1.54, 1.807) is 6.20 Å². The summed E-state index contributed by atoms with van der Waals surface area (Å²) in [4.78, 5) is 8.24. The van der Waals surface area contributed by atoms with E-state index in [1.165, 1.54) is 6.07 Å². The van der Waals surface area contributed by atoms with Crippen LogP contribution in [0.2, 0.25) is 0 Å². The first-order valence-corrected chi connectivity index (χ1v) is 7.10. The molecule has 5 nitrogen and oxygen atoms in total. The van der Waals surface area contributed by atoms with Crippen LogP contribution in [0.5, 0.6) is 11.8 Å². The Morgan fingerprint density at radius 2 is 1.83 bits per heavy atom. The van der Waals surface area contributed by atoms with Gasteiger partial charge in [-0.15, -0.1) is 0 Å². The average Bonchev–Trinajstić information content (AvgIpc) is 3.01. The second kappa shape index (κ2) is 5.69. The Hall–Kier alpha value is -3.35. The number of nitrogens with zero attached hydrogens (tertiary/aromatic N) is 3. The summed E-state index contributed by atoms with van der Waals surface area (Å²) in [5.74, 6) is -1.66. The molecule has 0 aliphatic rings. The van der Waals surface area contributed by atoms with Crippen molar-refractivity contribution in [2.24, 2.45) is 0 Å². The van der Waals surface area contributed by atoms with E-state index in [0.717, 1.165) is 17.7 Å². The van der Waals surface area contributed by atoms with Gasteiger partial charge in [0.1, 0.15) is 11.5 Å². The zero-order valence-electron chi connectivity index (χ0n) is 12.2. The van der Waals surface area contributed by atoms with E-state index in [2.05, 4.69) is 20.2 Å². The van der Waals surface area contributed by atoms with Crippen LogP contribution in [0.15, 0.2) is 54.7 Å². The van der Waals surface area contributed by atoms with Crippen LogP contribution in [0.25, 0.3) is 22.3 Å². The van der Waals surface area contributed by atoms with Crippen LogP contribution in [-0.4, -0.2) is 20.2 Å². The molecule has 2 aromatic carbocycles. The van der Waals surface area contributed by atoms with Gasteiger partial charge < -0.3 is 4.74 Å². The van der Waals surface area contributed by atoms with Crippen molar-refractivity contribution in [3.8, 4) is 23.0 Å². The highest BCUT2D eigenvalue weighted by Crippen LogP contribution is 2.27. The first kappa shape index (κ1) is 14.3. The number of ether oxygens (including phenoxy) is 1. The topological polar surface area (TPSA) is 63.7 Å². The van der Waals surface area contributed by atoms with Gasteiger partial charge in [-0.05, 0) is 12.1 Å². The molecule has 2 aromatic heterocycles. The number of benzene rings is 2. The van der Waals surface area contributed by atoms with Gasteiger partial charge in [-0.3, -0.25) is 5.10 Å². The number of aromatic nitrogens is 4. The smallest absolute Gasteiger partial charge is 0.324 e. The lowest BCUT2D eigenvalue weighted by atomic mass is 10.1. The molecule has 0 aliphatic carbocycles. The summed E-state index contributed by atoms with van der Waals surface area (Å²) in [6, 6.07) is 12.5. The summed E-state index contributed by atoms with van der Waals surface area (Å²) in [7, 11) is 0. The average molecular weight is 324 g/mol. The third-order valence-corrected chi connectivity index (χ3v) is 3.44. The van der Waals surface area contributed by atoms with E-state index in [4.69, 9.17) is 4.74 Å². The highest BCUT2D eigenvalue weighted by molar-refractivity contribution is 5.90. The Kier molecular flexibility index (Phi) is 3.38. The molecule has 0 aliphatic heterocycles. The summed E-state index contributed by atoms with van der Waals surface area (Å²) < 4.78 is 31.8. The third kappa shape index (κ3) is 2.56. The van der Waals surface area contributed by atoms with Gasteiger partial charge in [0.25, 0.3) is 0 Å². The maximum atomic E-state index is 13.6. The van der Waals surface area contributed by atoms with Crippen molar-refractivity contribution >= 4 is 11.0 Å². The number of hydrogen-bond donors (Lipinski definition) is 1. The molecule has 0 spiro atoms. The highest BCUT2D eigenvalue weighted by atomic mass is 19.1. The van der Waals surface area contributed by atoms with Crippen molar-refractivity contribution in [1.29, 1.82) is 0 Å². The van der Waals surface area contributed by atoms with Gasteiger partial charge >= 0.3 is 6.01 Å². The molecule has 7 heteroatoms. The number of rotatable bonds is 3. The Labute approximate surface area is 135 Å². The molecular formula is C17H10F2N4O. The Balaban J connectivity index is 1.70. The standard InChI is InChI=1S/C17H10F2N4O/c18-11-6-7-14(13(19)8-11)24-17-20-9-12-15(22-23-16(12)21-17)10-4-2-1-3-5-10/h1-9H,(H,20,21,22,23). The van der Waals surface area contributed by atoms with Crippen molar-refractivity contribution < 1.29 is 13.5 Å². The maximum Gasteiger partial charge on any atom is 0.324 e. The minimum atomic E-state index is -0.826. The first-order valence-electron chi connectivity index (χ1n) is 7.10. The van der Waals surface area contributed by atoms with Gasteiger partial charge in [0.05, 0.1) is 5.39 Å². The van der Waals surface area contributed by atoms with Gasteiger partial charge in [0, 0.05) is 17.8 Å². The minimum Gasteiger partial charge on any atom is -0.421 e. The van der Waals surface area contributed by atoms with E-state index < -0.39 is 11.6 Å². The van der Waals surface area contributed by atoms with Crippen molar-refractivity contribution in [1.82, 2.24) is 20.2 Å². The summed E-state index contributed by atoms with van der Waals surface area (Å²) in [5, 5.41) is 7.75. The number of H-pyrrole nitrogens is 1. The second-order valence-corrected chi connectivity index (χ2v) is 5.03. The van der Waals surface area contributed by atoms with E-state index >= 15 is 0 Å². The second-order valence-electron chi connectivity index (χ2n) is 5.03. The molecule has 0 bridgehead atoms. The maximum absolute atomic E-state index is 13.6. The first-order chi connectivity index (χ1) is 11.7. The predicted molar refractivity (Wildman–Crippen MR) is 83.6 cm³/mol. The SMILES string of the molecule is Fc1ccc(Oc2ncc3c(-c4ccccc4)n[nH]c3n2)c(F)c1. The van der Waals surface area contributed by atoms with Crippen LogP contribution in [-0.2, 0) is 0 Å². The lowest BCUT2D eigenvalue weighted by molar-refractivity contribution is 0.409. The molecule has 1 N–H and O–H groups in total. The number of hydrogen-bond acceptors (Lipinski definition) is 4. The molecule has 24 heavy (non-hydrogen) atoms. The Morgan fingerprint density at radius 3 is 2.62 bits per heavy atom. The van der Waals surface area contributed by atoms with Crippen LogP contribution in [0.3, 0.4) is 0 Å². The largest absolute Gasteiger partial charge is 0.421 e. The molecule has 0 fully saturated rings. The molecule has 118 valence electrons. The monoisotopic (exact) mass is 324 g/mol. The molecule has 4 rings (SSSR count). The molecule has 2 heterocycles. The number of halogens is 2. The molecule has 0 amide bonds.